The Bertz CT molecular complexity index is 945. The zero-order valence-corrected chi connectivity index (χ0v) is 14.0. The first-order chi connectivity index (χ1) is 12.1. The van der Waals surface area contributed by atoms with Gasteiger partial charge in [0.25, 0.3) is 0 Å². The topological polar surface area (TPSA) is 38.0 Å². The molecule has 2 aromatic carbocycles. The zero-order chi connectivity index (χ0) is 17.8. The van der Waals surface area contributed by atoms with Crippen LogP contribution in [0.5, 0.6) is 5.75 Å². The molecule has 0 aliphatic rings. The van der Waals surface area contributed by atoms with E-state index >= 15 is 0 Å². The summed E-state index contributed by atoms with van der Waals surface area (Å²) in [4.78, 5) is 0. The molecule has 0 fully saturated rings. The summed E-state index contributed by atoms with van der Waals surface area (Å²) >= 11 is 0. The number of nitrogens with zero attached hydrogens (tertiary/aromatic N) is 2. The van der Waals surface area contributed by atoms with E-state index in [-0.39, 0.29) is 5.82 Å². The van der Waals surface area contributed by atoms with Crippen molar-refractivity contribution in [1.29, 1.82) is 5.26 Å². The summed E-state index contributed by atoms with van der Waals surface area (Å²) in [5.41, 5.74) is 4.07. The van der Waals surface area contributed by atoms with Crippen LogP contribution in [0.4, 0.5) is 4.39 Å². The smallest absolute Gasteiger partial charge is 0.123 e. The van der Waals surface area contributed by atoms with Gasteiger partial charge in [-0.2, -0.15) is 5.26 Å². The summed E-state index contributed by atoms with van der Waals surface area (Å²) in [6.45, 7) is 2.01. The average molecular weight is 332 g/mol. The molecule has 0 amide bonds. The Labute approximate surface area is 146 Å². The van der Waals surface area contributed by atoms with Crippen LogP contribution in [0, 0.1) is 24.1 Å². The number of methoxy groups -OCH3 is 1. The minimum Gasteiger partial charge on any atom is -0.497 e. The Morgan fingerprint density at radius 2 is 1.72 bits per heavy atom. The summed E-state index contributed by atoms with van der Waals surface area (Å²) < 4.78 is 20.4. The van der Waals surface area contributed by atoms with Crippen molar-refractivity contribution >= 4 is 11.6 Å². The Morgan fingerprint density at radius 1 is 1.04 bits per heavy atom. The minimum absolute atomic E-state index is 0.321. The van der Waals surface area contributed by atoms with Gasteiger partial charge in [0.15, 0.2) is 0 Å². The summed E-state index contributed by atoms with van der Waals surface area (Å²) in [7, 11) is 1.63. The highest BCUT2D eigenvalue weighted by Crippen LogP contribution is 2.24. The lowest BCUT2D eigenvalue weighted by Crippen LogP contribution is -1.99. The minimum atomic E-state index is -0.321. The van der Waals surface area contributed by atoms with Crippen LogP contribution in [0.2, 0.25) is 0 Å². The maximum Gasteiger partial charge on any atom is 0.123 e. The van der Waals surface area contributed by atoms with E-state index in [2.05, 4.69) is 10.6 Å². The van der Waals surface area contributed by atoms with E-state index in [1.54, 1.807) is 19.2 Å². The number of aryl methyl sites for hydroxylation is 1. The molecule has 0 spiro atoms. The molecular formula is C21H17FN2O. The second-order valence-corrected chi connectivity index (χ2v) is 5.61. The fourth-order valence-electron chi connectivity index (χ4n) is 2.71. The van der Waals surface area contributed by atoms with Crippen LogP contribution in [0.25, 0.3) is 17.3 Å². The van der Waals surface area contributed by atoms with Crippen molar-refractivity contribution in [2.24, 2.45) is 0 Å². The average Bonchev–Trinajstić information content (AvgIpc) is 3.01. The van der Waals surface area contributed by atoms with Gasteiger partial charge in [0.05, 0.1) is 18.8 Å². The maximum absolute atomic E-state index is 13.1. The predicted octanol–water partition coefficient (Wildman–Crippen LogP) is 5.00. The van der Waals surface area contributed by atoms with Crippen molar-refractivity contribution in [3.63, 3.8) is 0 Å². The molecule has 3 rings (SSSR count). The van der Waals surface area contributed by atoms with E-state index in [0.29, 0.717) is 11.1 Å². The van der Waals surface area contributed by atoms with Gasteiger partial charge in [0.1, 0.15) is 11.6 Å². The molecule has 0 unspecified atom stereocenters. The number of hydrogen-bond donors (Lipinski definition) is 0. The fraction of sp³-hybridized carbons (Fsp3) is 0.0952. The van der Waals surface area contributed by atoms with Crippen molar-refractivity contribution in [3.8, 4) is 17.5 Å². The number of hydrogen-bond acceptors (Lipinski definition) is 2. The van der Waals surface area contributed by atoms with Crippen molar-refractivity contribution in [2.75, 3.05) is 7.11 Å². The molecule has 4 heteroatoms. The molecule has 0 N–H and O–H groups in total. The highest BCUT2D eigenvalue weighted by Gasteiger charge is 2.08. The normalized spacial score (nSPS) is 11.2. The molecule has 3 aromatic rings. The maximum atomic E-state index is 13.1. The van der Waals surface area contributed by atoms with Crippen LogP contribution in [-0.4, -0.2) is 11.7 Å². The molecule has 0 saturated heterocycles. The van der Waals surface area contributed by atoms with Crippen molar-refractivity contribution in [1.82, 2.24) is 4.57 Å². The first-order valence-electron chi connectivity index (χ1n) is 7.83. The third kappa shape index (κ3) is 3.46. The van der Waals surface area contributed by atoms with E-state index in [4.69, 9.17) is 4.74 Å². The van der Waals surface area contributed by atoms with Crippen LogP contribution in [0.1, 0.15) is 17.0 Å². The highest BCUT2D eigenvalue weighted by atomic mass is 19.1. The van der Waals surface area contributed by atoms with Gasteiger partial charge in [-0.15, -0.1) is 0 Å². The Hall–Kier alpha value is -3.32. The lowest BCUT2D eigenvalue weighted by molar-refractivity contribution is 0.414. The largest absolute Gasteiger partial charge is 0.497 e. The molecule has 0 aliphatic carbocycles. The number of allylic oxidation sites excluding steroid dienone is 1. The number of aromatic nitrogens is 1. The van der Waals surface area contributed by atoms with E-state index in [0.717, 1.165) is 22.8 Å². The van der Waals surface area contributed by atoms with Gasteiger partial charge < -0.3 is 9.30 Å². The lowest BCUT2D eigenvalue weighted by atomic mass is 10.1. The summed E-state index contributed by atoms with van der Waals surface area (Å²) in [6.07, 6.45) is 1.81. The van der Waals surface area contributed by atoms with Crippen LogP contribution in [0.15, 0.2) is 60.7 Å². The third-order valence-electron chi connectivity index (χ3n) is 4.00. The number of halogens is 1. The summed E-state index contributed by atoms with van der Waals surface area (Å²) in [6, 6.07) is 19.8. The number of ether oxygens (including phenoxy) is 1. The van der Waals surface area contributed by atoms with Crippen LogP contribution in [0.3, 0.4) is 0 Å². The number of benzene rings is 2. The molecule has 0 radical (unpaired) electrons. The standard InChI is InChI=1S/C21H17FN2O/c1-15-3-8-20(24(15)19-9-11-21(25-2)12-10-19)13-17(14-23)16-4-6-18(22)7-5-16/h3-13H,1-2H3/b17-13-. The van der Waals surface area contributed by atoms with Crippen LogP contribution in [-0.2, 0) is 0 Å². The Morgan fingerprint density at radius 3 is 2.32 bits per heavy atom. The molecule has 3 nitrogen and oxygen atoms in total. The van der Waals surface area contributed by atoms with Crippen molar-refractivity contribution in [2.45, 2.75) is 6.92 Å². The molecule has 1 aromatic heterocycles. The predicted molar refractivity (Wildman–Crippen MR) is 96.9 cm³/mol. The molecule has 0 aliphatic heterocycles. The van der Waals surface area contributed by atoms with Crippen molar-refractivity contribution < 1.29 is 9.13 Å². The molecule has 1 heterocycles. The van der Waals surface area contributed by atoms with Gasteiger partial charge >= 0.3 is 0 Å². The second kappa shape index (κ2) is 7.06. The highest BCUT2D eigenvalue weighted by molar-refractivity contribution is 5.89. The first-order valence-corrected chi connectivity index (χ1v) is 7.83. The van der Waals surface area contributed by atoms with E-state index in [9.17, 15) is 9.65 Å². The third-order valence-corrected chi connectivity index (χ3v) is 4.00. The number of nitriles is 1. The second-order valence-electron chi connectivity index (χ2n) is 5.61. The van der Waals surface area contributed by atoms with E-state index in [1.165, 1.54) is 12.1 Å². The van der Waals surface area contributed by atoms with E-state index in [1.807, 2.05) is 49.4 Å². The molecule has 124 valence electrons. The van der Waals surface area contributed by atoms with Gasteiger partial charge in [-0.05, 0) is 67.1 Å². The van der Waals surface area contributed by atoms with Crippen molar-refractivity contribution in [3.05, 3.63) is 83.4 Å². The van der Waals surface area contributed by atoms with Gasteiger partial charge in [0, 0.05) is 17.1 Å². The SMILES string of the molecule is COc1ccc(-n2c(C)ccc2/C=C(/C#N)c2ccc(F)cc2)cc1. The Balaban J connectivity index is 2.05. The molecule has 25 heavy (non-hydrogen) atoms. The zero-order valence-electron chi connectivity index (χ0n) is 14.0. The summed E-state index contributed by atoms with van der Waals surface area (Å²) in [5.74, 6) is 0.466. The molecule has 0 bridgehead atoms. The lowest BCUT2D eigenvalue weighted by Gasteiger charge is -2.11. The Kier molecular flexibility index (Phi) is 4.67. The molecular weight excluding hydrogens is 315 g/mol. The quantitative estimate of drug-likeness (QED) is 0.631. The first kappa shape index (κ1) is 16.5. The van der Waals surface area contributed by atoms with Gasteiger partial charge in [-0.3, -0.25) is 0 Å². The summed E-state index contributed by atoms with van der Waals surface area (Å²) in [5, 5.41) is 9.51. The monoisotopic (exact) mass is 332 g/mol. The fourth-order valence-corrected chi connectivity index (χ4v) is 2.71. The molecule has 0 saturated carbocycles. The molecule has 0 atom stereocenters. The van der Waals surface area contributed by atoms with Gasteiger partial charge in [-0.25, -0.2) is 4.39 Å². The van der Waals surface area contributed by atoms with E-state index < -0.39 is 0 Å². The van der Waals surface area contributed by atoms with Gasteiger partial charge in [0.2, 0.25) is 0 Å². The van der Waals surface area contributed by atoms with Gasteiger partial charge in [-0.1, -0.05) is 12.1 Å². The van der Waals surface area contributed by atoms with Crippen LogP contribution < -0.4 is 4.74 Å². The van der Waals surface area contributed by atoms with Crippen LogP contribution >= 0.6 is 0 Å². The number of rotatable bonds is 4.